The van der Waals surface area contributed by atoms with E-state index in [1.165, 1.54) is 41.4 Å². The number of halogens is 2. The molecule has 0 aliphatic heterocycles. The fourth-order valence-corrected chi connectivity index (χ4v) is 3.88. The highest BCUT2D eigenvalue weighted by Gasteiger charge is 2.19. The number of hydrogen-bond acceptors (Lipinski definition) is 5. The summed E-state index contributed by atoms with van der Waals surface area (Å²) < 4.78 is 58.8. The van der Waals surface area contributed by atoms with Crippen LogP contribution >= 0.6 is 0 Å². The van der Waals surface area contributed by atoms with E-state index in [1.54, 1.807) is 13.1 Å². The summed E-state index contributed by atoms with van der Waals surface area (Å²) in [5.41, 5.74) is 0.515. The van der Waals surface area contributed by atoms with Gasteiger partial charge in [-0.3, -0.25) is 9.78 Å². The van der Waals surface area contributed by atoms with Crippen LogP contribution in [0.4, 0.5) is 8.78 Å². The first-order valence-electron chi connectivity index (χ1n) is 9.06. The van der Waals surface area contributed by atoms with Crippen molar-refractivity contribution in [3.05, 3.63) is 83.0 Å². The van der Waals surface area contributed by atoms with E-state index in [0.29, 0.717) is 28.0 Å². The van der Waals surface area contributed by atoms with E-state index in [1.807, 2.05) is 0 Å². The lowest BCUT2D eigenvalue weighted by atomic mass is 10.0. The van der Waals surface area contributed by atoms with Crippen molar-refractivity contribution in [3.63, 3.8) is 0 Å². The normalized spacial score (nSPS) is 11.6. The zero-order chi connectivity index (χ0) is 22.3. The third kappa shape index (κ3) is 3.91. The summed E-state index contributed by atoms with van der Waals surface area (Å²) in [7, 11) is -2.01. The van der Waals surface area contributed by atoms with Crippen molar-refractivity contribution in [1.82, 2.24) is 9.55 Å². The summed E-state index contributed by atoms with van der Waals surface area (Å²) in [6.45, 7) is 0. The van der Waals surface area contributed by atoms with E-state index < -0.39 is 21.5 Å². The molecule has 0 N–H and O–H groups in total. The molecule has 2 aromatic heterocycles. The number of sulfone groups is 1. The van der Waals surface area contributed by atoms with Gasteiger partial charge in [-0.25, -0.2) is 17.2 Å². The van der Waals surface area contributed by atoms with Crippen LogP contribution in [-0.4, -0.2) is 24.2 Å². The summed E-state index contributed by atoms with van der Waals surface area (Å²) in [5, 5.41) is 0.847. The lowest BCUT2D eigenvalue weighted by Gasteiger charge is -2.16. The van der Waals surface area contributed by atoms with Crippen LogP contribution in [0.2, 0.25) is 0 Å². The average Bonchev–Trinajstić information content (AvgIpc) is 2.72. The topological polar surface area (TPSA) is 78.3 Å². The molecule has 0 saturated carbocycles. The maximum atomic E-state index is 14.2. The zero-order valence-electron chi connectivity index (χ0n) is 16.5. The second-order valence-electron chi connectivity index (χ2n) is 6.99. The highest BCUT2D eigenvalue weighted by Crippen LogP contribution is 2.38. The molecule has 2 heterocycles. The minimum absolute atomic E-state index is 0.0142. The number of aryl methyl sites for hydroxylation is 1. The summed E-state index contributed by atoms with van der Waals surface area (Å²) in [6.07, 6.45) is 5.56. The van der Waals surface area contributed by atoms with Crippen molar-refractivity contribution in [1.29, 1.82) is 0 Å². The largest absolute Gasteiger partial charge is 0.454 e. The zero-order valence-corrected chi connectivity index (χ0v) is 17.3. The van der Waals surface area contributed by atoms with Crippen molar-refractivity contribution < 1.29 is 21.9 Å². The monoisotopic (exact) mass is 442 g/mol. The van der Waals surface area contributed by atoms with Gasteiger partial charge in [0.1, 0.15) is 11.6 Å². The highest BCUT2D eigenvalue weighted by atomic mass is 32.2. The van der Waals surface area contributed by atoms with Crippen LogP contribution in [0.25, 0.3) is 21.9 Å². The number of fused-ring (bicyclic) bond motifs is 1. The highest BCUT2D eigenvalue weighted by molar-refractivity contribution is 7.90. The van der Waals surface area contributed by atoms with Crippen molar-refractivity contribution in [2.24, 2.45) is 7.05 Å². The molecule has 31 heavy (non-hydrogen) atoms. The molecule has 9 heteroatoms. The van der Waals surface area contributed by atoms with E-state index in [2.05, 4.69) is 4.98 Å². The molecule has 6 nitrogen and oxygen atoms in total. The quantitative estimate of drug-likeness (QED) is 0.476. The van der Waals surface area contributed by atoms with E-state index in [9.17, 15) is 22.0 Å². The van der Waals surface area contributed by atoms with Gasteiger partial charge in [-0.05, 0) is 36.4 Å². The molecule has 0 aliphatic carbocycles. The lowest BCUT2D eigenvalue weighted by Crippen LogP contribution is -2.16. The molecule has 0 unspecified atom stereocenters. The Morgan fingerprint density at radius 1 is 0.968 bits per heavy atom. The Balaban J connectivity index is 2.01. The van der Waals surface area contributed by atoms with Gasteiger partial charge < -0.3 is 9.30 Å². The number of pyridine rings is 2. The second-order valence-corrected chi connectivity index (χ2v) is 9.00. The van der Waals surface area contributed by atoms with Gasteiger partial charge in [-0.1, -0.05) is 0 Å². The van der Waals surface area contributed by atoms with E-state index in [-0.39, 0.29) is 22.0 Å². The van der Waals surface area contributed by atoms with Crippen LogP contribution in [0.3, 0.4) is 0 Å². The molecule has 0 bridgehead atoms. The number of hydrogen-bond donors (Lipinski definition) is 0. The van der Waals surface area contributed by atoms with Crippen LogP contribution in [0.5, 0.6) is 11.5 Å². The average molecular weight is 442 g/mol. The summed E-state index contributed by atoms with van der Waals surface area (Å²) in [5.74, 6) is -1.78. The summed E-state index contributed by atoms with van der Waals surface area (Å²) >= 11 is 0. The van der Waals surface area contributed by atoms with Crippen molar-refractivity contribution in [3.8, 4) is 22.6 Å². The van der Waals surface area contributed by atoms with Gasteiger partial charge in [0.15, 0.2) is 21.4 Å². The van der Waals surface area contributed by atoms with Crippen LogP contribution in [-0.2, 0) is 16.9 Å². The minimum Gasteiger partial charge on any atom is -0.454 e. The van der Waals surface area contributed by atoms with Crippen molar-refractivity contribution >= 4 is 20.6 Å². The Bertz CT molecular complexity index is 1500. The Morgan fingerprint density at radius 2 is 1.71 bits per heavy atom. The van der Waals surface area contributed by atoms with Crippen LogP contribution in [0, 0.1) is 11.6 Å². The number of benzene rings is 2. The third-order valence-corrected chi connectivity index (χ3v) is 5.88. The lowest BCUT2D eigenvalue weighted by molar-refractivity contribution is 0.438. The summed E-state index contributed by atoms with van der Waals surface area (Å²) in [6, 6.07) is 8.54. The first-order valence-corrected chi connectivity index (χ1v) is 10.9. The van der Waals surface area contributed by atoms with Gasteiger partial charge in [0.25, 0.3) is 5.56 Å². The van der Waals surface area contributed by atoms with Crippen molar-refractivity contribution in [2.45, 2.75) is 4.90 Å². The Hall–Kier alpha value is -3.59. The molecule has 0 radical (unpaired) electrons. The predicted molar refractivity (Wildman–Crippen MR) is 112 cm³/mol. The Morgan fingerprint density at radius 3 is 2.42 bits per heavy atom. The summed E-state index contributed by atoms with van der Waals surface area (Å²) in [4.78, 5) is 16.6. The molecule has 0 amide bonds. The maximum Gasteiger partial charge on any atom is 0.258 e. The number of ether oxygens (including phenoxy) is 1. The molecule has 0 atom stereocenters. The van der Waals surface area contributed by atoms with Crippen molar-refractivity contribution in [2.75, 3.05) is 6.26 Å². The van der Waals surface area contributed by atoms with Gasteiger partial charge in [0.2, 0.25) is 0 Å². The van der Waals surface area contributed by atoms with E-state index in [0.717, 1.165) is 18.4 Å². The molecule has 0 aliphatic rings. The van der Waals surface area contributed by atoms with Gasteiger partial charge in [0, 0.05) is 54.5 Å². The molecular weight excluding hydrogens is 426 g/mol. The van der Waals surface area contributed by atoms with E-state index >= 15 is 0 Å². The SMILES string of the molecule is Cn1cc(-c2cc(S(C)(=O)=O)ccc2Oc2ccc(F)cc2F)c2cnccc2c1=O. The molecule has 2 aromatic carbocycles. The number of nitrogens with zero attached hydrogens (tertiary/aromatic N) is 2. The first kappa shape index (κ1) is 20.7. The minimum atomic E-state index is -3.57. The van der Waals surface area contributed by atoms with Crippen LogP contribution < -0.4 is 10.3 Å². The van der Waals surface area contributed by atoms with Gasteiger partial charge in [-0.15, -0.1) is 0 Å². The van der Waals surface area contributed by atoms with Gasteiger partial charge >= 0.3 is 0 Å². The molecule has 0 fully saturated rings. The molecule has 158 valence electrons. The predicted octanol–water partition coefficient (Wildman–Crippen LogP) is 4.07. The maximum absolute atomic E-state index is 14.2. The molecule has 4 rings (SSSR count). The number of aromatic nitrogens is 2. The van der Waals surface area contributed by atoms with Crippen LogP contribution in [0.1, 0.15) is 0 Å². The standard InChI is InChI=1S/C22H16F2N2O4S/c1-26-12-18(17-11-25-8-7-15(17)22(26)27)16-10-14(31(2,28)29)4-6-20(16)30-21-5-3-13(23)9-19(21)24/h3-12H,1-2H3. The third-order valence-electron chi connectivity index (χ3n) is 4.77. The second kappa shape index (κ2) is 7.59. The van der Waals surface area contributed by atoms with E-state index in [4.69, 9.17) is 4.74 Å². The first-order chi connectivity index (χ1) is 14.6. The Labute approximate surface area is 176 Å². The molecule has 0 saturated heterocycles. The van der Waals surface area contributed by atoms with Crippen LogP contribution in [0.15, 0.2) is 70.7 Å². The Kier molecular flexibility index (Phi) is 5.06. The number of rotatable bonds is 4. The fourth-order valence-electron chi connectivity index (χ4n) is 3.24. The van der Waals surface area contributed by atoms with Gasteiger partial charge in [-0.2, -0.15) is 0 Å². The molecule has 4 aromatic rings. The molecular formula is C22H16F2N2O4S. The fraction of sp³-hybridized carbons (Fsp3) is 0.0909. The van der Waals surface area contributed by atoms with Gasteiger partial charge in [0.05, 0.1) is 10.3 Å². The molecule has 0 spiro atoms. The smallest absolute Gasteiger partial charge is 0.258 e.